The van der Waals surface area contributed by atoms with Crippen LogP contribution in [0.25, 0.3) is 0 Å². The Morgan fingerprint density at radius 3 is 2.00 bits per heavy atom. The van der Waals surface area contributed by atoms with Gasteiger partial charge in [0.25, 0.3) is 0 Å². The fraction of sp³-hybridized carbons (Fsp3) is 0.500. The van der Waals surface area contributed by atoms with E-state index in [0.717, 1.165) is 0 Å². The average molecular weight is 145 g/mol. The second kappa shape index (κ2) is 8.99. The van der Waals surface area contributed by atoms with Gasteiger partial charge in [0.2, 0.25) is 0 Å². The van der Waals surface area contributed by atoms with Crippen LogP contribution in [0.1, 0.15) is 0 Å². The van der Waals surface area contributed by atoms with Crippen LogP contribution < -0.4 is 58.2 Å². The standard InChI is InChI=1S/C2H3O2.Rb/c1-4-2-3;/h1H3;/q-1;+1. The van der Waals surface area contributed by atoms with Gasteiger partial charge in [-0.3, -0.25) is 0 Å². The summed E-state index contributed by atoms with van der Waals surface area (Å²) in [5.74, 6) is 0. The van der Waals surface area contributed by atoms with Gasteiger partial charge < -0.3 is 9.53 Å². The van der Waals surface area contributed by atoms with Crippen LogP contribution >= 0.6 is 0 Å². The van der Waals surface area contributed by atoms with E-state index < -0.39 is 0 Å². The molecule has 0 atom stereocenters. The summed E-state index contributed by atoms with van der Waals surface area (Å²) in [6.45, 7) is 1.18. The molecule has 0 aromatic heterocycles. The predicted octanol–water partition coefficient (Wildman–Crippen LogP) is -3.30. The molecule has 0 aromatic rings. The maximum absolute atomic E-state index is 8.83. The van der Waals surface area contributed by atoms with Crippen molar-refractivity contribution >= 4 is 6.47 Å². The minimum atomic E-state index is 0. The maximum Gasteiger partial charge on any atom is 1.00 e. The van der Waals surface area contributed by atoms with Crippen molar-refractivity contribution in [2.75, 3.05) is 7.11 Å². The molecular weight excluding hydrogens is 141 g/mol. The summed E-state index contributed by atoms with van der Waals surface area (Å²) in [6.07, 6.45) is 0. The zero-order valence-corrected chi connectivity index (χ0v) is 8.23. The SMILES string of the molecule is CO[C-]=O.[Rb+]. The smallest absolute Gasteiger partial charge is 0.655 e. The molecule has 3 heteroatoms. The molecule has 24 valence electrons. The fourth-order valence-corrected chi connectivity index (χ4v) is 0. The normalized spacial score (nSPS) is 4.20. The third-order valence-electron chi connectivity index (χ3n) is 0.0833. The Labute approximate surface area is 79.7 Å². The Morgan fingerprint density at radius 2 is 2.00 bits per heavy atom. The van der Waals surface area contributed by atoms with Crippen molar-refractivity contribution in [2.45, 2.75) is 0 Å². The summed E-state index contributed by atoms with van der Waals surface area (Å²) in [5.41, 5.74) is 0. The molecule has 2 nitrogen and oxygen atoms in total. The molecular formula is C2H3O2Rb. The van der Waals surface area contributed by atoms with Crippen LogP contribution in [-0.4, -0.2) is 13.6 Å². The van der Waals surface area contributed by atoms with E-state index in [4.69, 9.17) is 4.79 Å². The van der Waals surface area contributed by atoms with E-state index in [9.17, 15) is 0 Å². The minimum Gasteiger partial charge on any atom is -0.655 e. The number of hydrogen-bond donors (Lipinski definition) is 0. The molecule has 5 heavy (non-hydrogen) atoms. The summed E-state index contributed by atoms with van der Waals surface area (Å²) in [4.78, 5) is 8.83. The summed E-state index contributed by atoms with van der Waals surface area (Å²) in [5, 5.41) is 0. The number of carbonyl (C=O) groups excluding carboxylic acids is 1. The first-order chi connectivity index (χ1) is 1.91. The molecule has 0 aliphatic heterocycles. The van der Waals surface area contributed by atoms with Crippen LogP contribution in [0.2, 0.25) is 0 Å². The van der Waals surface area contributed by atoms with Crippen LogP contribution in [0.3, 0.4) is 0 Å². The van der Waals surface area contributed by atoms with Gasteiger partial charge in [0, 0.05) is 7.11 Å². The molecule has 0 aromatic carbocycles. The second-order valence-corrected chi connectivity index (χ2v) is 0.287. The summed E-state index contributed by atoms with van der Waals surface area (Å²) < 4.78 is 3.74. The van der Waals surface area contributed by atoms with Crippen molar-refractivity contribution in [3.8, 4) is 0 Å². The molecule has 0 N–H and O–H groups in total. The summed E-state index contributed by atoms with van der Waals surface area (Å²) in [6, 6.07) is 0. The van der Waals surface area contributed by atoms with E-state index in [1.807, 2.05) is 0 Å². The van der Waals surface area contributed by atoms with Crippen molar-refractivity contribution in [1.82, 2.24) is 0 Å². The number of rotatable bonds is 1. The van der Waals surface area contributed by atoms with Gasteiger partial charge in [-0.1, -0.05) is 6.47 Å². The van der Waals surface area contributed by atoms with Gasteiger partial charge in [-0.15, -0.1) is 0 Å². The molecule has 0 saturated heterocycles. The molecule has 0 aliphatic rings. The molecule has 0 unspecified atom stereocenters. The van der Waals surface area contributed by atoms with E-state index in [1.54, 1.807) is 0 Å². The number of methoxy groups -OCH3 is 1. The number of hydrogen-bond acceptors (Lipinski definition) is 2. The van der Waals surface area contributed by atoms with Gasteiger partial charge >= 0.3 is 58.2 Å². The quantitative estimate of drug-likeness (QED) is 0.361. The van der Waals surface area contributed by atoms with E-state index in [1.165, 1.54) is 13.6 Å². The predicted molar refractivity (Wildman–Crippen MR) is 12.7 cm³/mol. The minimum absolute atomic E-state index is 0. The van der Waals surface area contributed by atoms with Crippen molar-refractivity contribution in [3.05, 3.63) is 0 Å². The van der Waals surface area contributed by atoms with Crippen molar-refractivity contribution in [3.63, 3.8) is 0 Å². The van der Waals surface area contributed by atoms with E-state index in [2.05, 4.69) is 4.74 Å². The molecule has 0 heterocycles. The van der Waals surface area contributed by atoms with Crippen molar-refractivity contribution in [1.29, 1.82) is 0 Å². The first kappa shape index (κ1) is 9.55. The van der Waals surface area contributed by atoms with Gasteiger partial charge in [-0.05, 0) is 0 Å². The Kier molecular flexibility index (Phi) is 17.2. The summed E-state index contributed by atoms with van der Waals surface area (Å²) in [7, 11) is 1.26. The molecule has 0 radical (unpaired) electrons. The molecule has 0 aliphatic carbocycles. The van der Waals surface area contributed by atoms with E-state index in [0.29, 0.717) is 0 Å². The topological polar surface area (TPSA) is 26.3 Å². The zero-order valence-electron chi connectivity index (χ0n) is 3.32. The monoisotopic (exact) mass is 144 g/mol. The Morgan fingerprint density at radius 1 is 1.80 bits per heavy atom. The van der Waals surface area contributed by atoms with E-state index >= 15 is 0 Å². The first-order valence-electron chi connectivity index (χ1n) is 0.816. The van der Waals surface area contributed by atoms with Gasteiger partial charge in [0.15, 0.2) is 0 Å². The molecule has 0 saturated carbocycles. The molecule has 0 spiro atoms. The van der Waals surface area contributed by atoms with Crippen LogP contribution in [0.4, 0.5) is 0 Å². The molecule has 0 amide bonds. The average Bonchev–Trinajstić information content (AvgIpc) is 1.37. The van der Waals surface area contributed by atoms with Gasteiger partial charge in [-0.2, -0.15) is 0 Å². The molecule has 0 bridgehead atoms. The number of ether oxygens (including phenoxy) is 1. The first-order valence-corrected chi connectivity index (χ1v) is 0.816. The van der Waals surface area contributed by atoms with Crippen LogP contribution in [-0.2, 0) is 9.53 Å². The van der Waals surface area contributed by atoms with Crippen molar-refractivity contribution < 1.29 is 67.7 Å². The van der Waals surface area contributed by atoms with Gasteiger partial charge in [-0.25, -0.2) is 0 Å². The van der Waals surface area contributed by atoms with Gasteiger partial charge in [0.05, 0.1) is 0 Å². The van der Waals surface area contributed by atoms with Crippen molar-refractivity contribution in [2.24, 2.45) is 0 Å². The summed E-state index contributed by atoms with van der Waals surface area (Å²) >= 11 is 0. The van der Waals surface area contributed by atoms with Gasteiger partial charge in [0.1, 0.15) is 0 Å². The van der Waals surface area contributed by atoms with Crippen LogP contribution in [0, 0.1) is 0 Å². The third-order valence-corrected chi connectivity index (χ3v) is 0.0833. The fourth-order valence-electron chi connectivity index (χ4n) is 0. The molecule has 0 rings (SSSR count). The zero-order chi connectivity index (χ0) is 3.41. The maximum atomic E-state index is 8.83. The Balaban J connectivity index is 0. The molecule has 0 fully saturated rings. The second-order valence-electron chi connectivity index (χ2n) is 0.287. The van der Waals surface area contributed by atoms with E-state index in [-0.39, 0.29) is 58.2 Å². The Hall–Kier alpha value is 1.28. The Bertz CT molecular complexity index is 21.6. The largest absolute Gasteiger partial charge is 1.00 e. The third kappa shape index (κ3) is 10.9. The van der Waals surface area contributed by atoms with Crippen LogP contribution in [0.15, 0.2) is 0 Å². The van der Waals surface area contributed by atoms with Crippen LogP contribution in [0.5, 0.6) is 0 Å².